The average molecular weight is 1100 g/mol. The molecule has 0 N–H and O–H groups in total. The molecule has 0 aliphatic heterocycles. The summed E-state index contributed by atoms with van der Waals surface area (Å²) < 4.78 is 125. The Balaban J connectivity index is 0.00000810. The van der Waals surface area contributed by atoms with Crippen molar-refractivity contribution in [2.24, 2.45) is 0 Å². The Hall–Kier alpha value is -6.51. The minimum atomic E-state index is -3.16. The molecule has 1 saturated carbocycles. The maximum Gasteiger partial charge on any atom is 3.00 e. The van der Waals surface area contributed by atoms with E-state index >= 15 is 0 Å². The van der Waals surface area contributed by atoms with E-state index in [2.05, 4.69) is 34.2 Å². The Morgan fingerprint density at radius 3 is 1.70 bits per heavy atom. The Morgan fingerprint density at radius 2 is 1.16 bits per heavy atom. The molecule has 0 radical (unpaired) electrons. The minimum absolute atomic E-state index is 0. The van der Waals surface area contributed by atoms with Crippen molar-refractivity contribution in [2.75, 3.05) is 0 Å². The van der Waals surface area contributed by atoms with Gasteiger partial charge in [0.25, 0.3) is 0 Å². The van der Waals surface area contributed by atoms with Gasteiger partial charge < -0.3 is 19.4 Å². The van der Waals surface area contributed by atoms with Crippen LogP contribution in [-0.4, -0.2) is 15.0 Å². The predicted octanol–water partition coefficient (Wildman–Crippen LogP) is 15.7. The molecule has 10 rings (SSSR count). The van der Waals surface area contributed by atoms with E-state index in [0.29, 0.717) is 80.0 Å². The molecule has 70 heavy (non-hydrogen) atoms. The maximum atomic E-state index is 10.0. The first-order chi connectivity index (χ1) is 38.3. The van der Waals surface area contributed by atoms with Crippen molar-refractivity contribution in [1.29, 1.82) is 5.26 Å². The average Bonchev–Trinajstić information content (AvgIpc) is 2.27. The fraction of sp³-hybridized carbons (Fsp3) is 0.281. The van der Waals surface area contributed by atoms with Crippen LogP contribution in [0.2, 0.25) is 0 Å². The summed E-state index contributed by atoms with van der Waals surface area (Å²) in [5, 5.41) is 11.2. The number of benzene rings is 5. The van der Waals surface area contributed by atoms with Gasteiger partial charge in [-0.15, -0.1) is 90.0 Å². The number of hydrogen-bond donors (Lipinski definition) is 0. The second-order valence-corrected chi connectivity index (χ2v) is 18.2. The van der Waals surface area contributed by atoms with E-state index in [4.69, 9.17) is 9.40 Å². The van der Waals surface area contributed by atoms with Crippen molar-refractivity contribution in [2.45, 2.75) is 116 Å². The number of rotatable bonds is 15. The van der Waals surface area contributed by atoms with Crippen LogP contribution in [0, 0.1) is 29.5 Å². The zero-order valence-corrected chi connectivity index (χ0v) is 41.9. The van der Waals surface area contributed by atoms with Gasteiger partial charge in [0.05, 0.1) is 17.2 Å². The molecule has 0 amide bonds. The number of furan rings is 1. The molecular weight excluding hydrogens is 1030 g/mol. The molecule has 0 spiro atoms. The fourth-order valence-electron chi connectivity index (χ4n) is 9.23. The molecule has 1 fully saturated rings. The van der Waals surface area contributed by atoms with Gasteiger partial charge in [-0.05, 0) is 148 Å². The SMILES string of the molecule is [2H]C([2H])(c1cc(C([2H])([2H])C([2H])([2H])c2cnc(-c3[c-]cccc3)cc2C(C)C)cc(C([2H])([2H])C([2H])([2H])c2cnc(-c3[c-]ccc4c3oc3cc(C#N)ccc34)cc2C2CCCCC2)c1)C([2H])([2H])c1cnc(-c2[c-]cccc2)cc1C(C)C.[Ir+3]. The van der Waals surface area contributed by atoms with Crippen LogP contribution < -0.4 is 0 Å². The summed E-state index contributed by atoms with van der Waals surface area (Å²) in [7, 11) is 0. The van der Waals surface area contributed by atoms with Crippen LogP contribution in [0.1, 0.15) is 150 Å². The Kier molecular flexibility index (Phi) is 11.2. The van der Waals surface area contributed by atoms with Crippen LogP contribution in [0.25, 0.3) is 55.7 Å². The molecule has 9 aromatic rings. The third-order valence-corrected chi connectivity index (χ3v) is 12.8. The molecule has 1 aliphatic carbocycles. The zero-order valence-electron chi connectivity index (χ0n) is 51.5. The van der Waals surface area contributed by atoms with E-state index in [1.165, 1.54) is 18.6 Å². The van der Waals surface area contributed by atoms with Gasteiger partial charge in [0.15, 0.2) is 0 Å². The third-order valence-electron chi connectivity index (χ3n) is 12.8. The van der Waals surface area contributed by atoms with Crippen molar-refractivity contribution >= 4 is 21.9 Å². The largest absolute Gasteiger partial charge is 3.00 e. The maximum absolute atomic E-state index is 10.0. The van der Waals surface area contributed by atoms with Gasteiger partial charge >= 0.3 is 20.1 Å². The topological polar surface area (TPSA) is 75.6 Å². The molecule has 4 heterocycles. The molecular formula is C64H59IrN4O. The fourth-order valence-corrected chi connectivity index (χ4v) is 9.23. The number of aryl methyl sites for hydroxylation is 6. The van der Waals surface area contributed by atoms with E-state index in [9.17, 15) is 21.7 Å². The van der Waals surface area contributed by atoms with Gasteiger partial charge in [0, 0.05) is 40.4 Å². The third kappa shape index (κ3) is 10.8. The van der Waals surface area contributed by atoms with E-state index in [-0.39, 0.29) is 54.5 Å². The van der Waals surface area contributed by atoms with Crippen LogP contribution in [0.15, 0.2) is 138 Å². The molecule has 0 unspecified atom stereocenters. The summed E-state index contributed by atoms with van der Waals surface area (Å²) in [6.07, 6.45) is -10.5. The molecule has 0 saturated heterocycles. The summed E-state index contributed by atoms with van der Waals surface area (Å²) in [4.78, 5) is 13.9. The number of pyridine rings is 3. The van der Waals surface area contributed by atoms with Crippen molar-refractivity contribution in [3.05, 3.63) is 208 Å². The van der Waals surface area contributed by atoms with E-state index in [1.54, 1.807) is 72.8 Å². The molecule has 1 aliphatic rings. The summed E-state index contributed by atoms with van der Waals surface area (Å²) in [6.45, 7) is 7.36. The van der Waals surface area contributed by atoms with Gasteiger partial charge in [-0.2, -0.15) is 5.26 Å². The first kappa shape index (κ1) is 35.6. The Bertz CT molecular complexity index is 3730. The van der Waals surface area contributed by atoms with Crippen molar-refractivity contribution in [1.82, 2.24) is 15.0 Å². The predicted molar refractivity (Wildman–Crippen MR) is 280 cm³/mol. The standard InChI is InChI=1S/C64H59N4O.Ir/c1-42(2)57-35-60(49-17-10-6-11-18-49)66-39-51(57)27-23-44-31-45(24-28-52-40-67-61(36-58(52)43(3)4)50-19-12-7-13-20-50)33-46(32-44)25-29-53-41-68-62(37-59(53)48-15-8-5-9-16-48)56-22-14-21-55-54-30-26-47(38-65)34-63(54)69-64(55)56;/h6-7,10-14,17,19,21,26,30-37,39-43,48H,5,8-9,15-16,23-25,27-29H2,1-4H3;/q-3;+3/i23D2,24D2,25D2,27D2,28D2,29D2;. The second-order valence-electron chi connectivity index (χ2n) is 18.2. The molecule has 5 nitrogen and oxygen atoms in total. The van der Waals surface area contributed by atoms with Crippen LogP contribution in [0.5, 0.6) is 0 Å². The van der Waals surface area contributed by atoms with E-state index in [0.717, 1.165) is 48.2 Å². The summed E-state index contributed by atoms with van der Waals surface area (Å²) in [6, 6.07) is 43.0. The van der Waals surface area contributed by atoms with E-state index < -0.39 is 54.9 Å². The minimum Gasteiger partial charge on any atom is -0.501 e. The number of hydrogen-bond acceptors (Lipinski definition) is 5. The van der Waals surface area contributed by atoms with Crippen LogP contribution >= 0.6 is 0 Å². The summed E-state index contributed by atoms with van der Waals surface area (Å²) >= 11 is 0. The number of aromatic nitrogens is 3. The monoisotopic (exact) mass is 1100 g/mol. The van der Waals surface area contributed by atoms with Gasteiger partial charge in [-0.25, -0.2) is 0 Å². The van der Waals surface area contributed by atoms with Gasteiger partial charge in [-0.1, -0.05) is 100 Å². The molecule has 6 heteroatoms. The number of fused-ring (bicyclic) bond motifs is 3. The molecule has 4 aromatic heterocycles. The van der Waals surface area contributed by atoms with Crippen molar-refractivity contribution in [3.63, 3.8) is 0 Å². The Morgan fingerprint density at radius 1 is 0.600 bits per heavy atom. The molecule has 350 valence electrons. The van der Waals surface area contributed by atoms with Crippen LogP contribution in [0.4, 0.5) is 0 Å². The number of nitrogens with zero attached hydrogens (tertiary/aromatic N) is 4. The summed E-state index contributed by atoms with van der Waals surface area (Å²) in [5.74, 6) is -0.933. The van der Waals surface area contributed by atoms with Gasteiger partial charge in [0.2, 0.25) is 0 Å². The van der Waals surface area contributed by atoms with Crippen LogP contribution in [0.3, 0.4) is 0 Å². The first-order valence-electron chi connectivity index (χ1n) is 29.7. The van der Waals surface area contributed by atoms with E-state index in [1.807, 2.05) is 52.0 Å². The number of nitriles is 1. The van der Waals surface area contributed by atoms with Crippen molar-refractivity contribution < 1.29 is 41.0 Å². The van der Waals surface area contributed by atoms with Gasteiger partial charge in [0.1, 0.15) is 5.58 Å². The summed E-state index contributed by atoms with van der Waals surface area (Å²) in [5.41, 5.74) is 3.86. The quantitative estimate of drug-likeness (QED) is 0.0956. The smallest absolute Gasteiger partial charge is 0.501 e. The molecule has 5 aromatic carbocycles. The normalized spacial score (nSPS) is 16.8. The second kappa shape index (κ2) is 22.1. The molecule has 0 atom stereocenters. The van der Waals surface area contributed by atoms with Gasteiger partial charge in [-0.3, -0.25) is 0 Å². The Labute approximate surface area is 444 Å². The zero-order chi connectivity index (χ0) is 58.0. The first-order valence-corrected chi connectivity index (χ1v) is 23.7. The molecule has 0 bridgehead atoms. The van der Waals surface area contributed by atoms with Crippen molar-refractivity contribution in [3.8, 4) is 39.8 Å². The van der Waals surface area contributed by atoms with Crippen LogP contribution in [-0.2, 0) is 58.3 Å².